The van der Waals surface area contributed by atoms with Gasteiger partial charge in [-0.2, -0.15) is 0 Å². The molecule has 4 rings (SSSR count). The van der Waals surface area contributed by atoms with E-state index in [0.29, 0.717) is 6.54 Å². The van der Waals surface area contributed by atoms with Gasteiger partial charge in [0, 0.05) is 30.5 Å². The van der Waals surface area contributed by atoms with Crippen molar-refractivity contribution in [3.05, 3.63) is 72.1 Å². The lowest BCUT2D eigenvalue weighted by atomic mass is 10.0. The fourth-order valence-corrected chi connectivity index (χ4v) is 2.99. The van der Waals surface area contributed by atoms with Crippen molar-refractivity contribution in [1.82, 2.24) is 14.9 Å². The molecule has 0 fully saturated rings. The molecule has 114 valence electrons. The van der Waals surface area contributed by atoms with Gasteiger partial charge in [-0.05, 0) is 42.3 Å². The molecule has 4 heteroatoms. The minimum absolute atomic E-state index is 0.0965. The Kier molecular flexibility index (Phi) is 3.42. The molecule has 0 saturated carbocycles. The molecule has 1 aliphatic heterocycles. The number of amides is 1. The van der Waals surface area contributed by atoms with Gasteiger partial charge >= 0.3 is 0 Å². The van der Waals surface area contributed by atoms with Gasteiger partial charge in [-0.15, -0.1) is 0 Å². The maximum Gasteiger partial charge on any atom is 0.254 e. The summed E-state index contributed by atoms with van der Waals surface area (Å²) < 4.78 is 0. The van der Waals surface area contributed by atoms with Crippen molar-refractivity contribution in [2.75, 3.05) is 13.1 Å². The summed E-state index contributed by atoms with van der Waals surface area (Å²) in [4.78, 5) is 22.1. The lowest BCUT2D eigenvalue weighted by molar-refractivity contribution is 0.0773. The van der Waals surface area contributed by atoms with Crippen molar-refractivity contribution < 1.29 is 4.79 Å². The highest BCUT2D eigenvalue weighted by atomic mass is 16.2. The molecular formula is C19H17N3O. The van der Waals surface area contributed by atoms with Crippen LogP contribution in [-0.4, -0.2) is 33.9 Å². The van der Waals surface area contributed by atoms with Crippen LogP contribution in [0.15, 0.2) is 60.8 Å². The Morgan fingerprint density at radius 1 is 1.13 bits per heavy atom. The average Bonchev–Trinajstić information content (AvgIpc) is 3.06. The molecule has 0 spiro atoms. The van der Waals surface area contributed by atoms with E-state index in [-0.39, 0.29) is 5.91 Å². The summed E-state index contributed by atoms with van der Waals surface area (Å²) in [7, 11) is 0. The van der Waals surface area contributed by atoms with Crippen molar-refractivity contribution in [3.63, 3.8) is 0 Å². The summed E-state index contributed by atoms with van der Waals surface area (Å²) in [6.45, 7) is 1.38. The third-order valence-corrected chi connectivity index (χ3v) is 4.25. The maximum absolute atomic E-state index is 12.5. The van der Waals surface area contributed by atoms with Crippen LogP contribution in [0.3, 0.4) is 0 Å². The second kappa shape index (κ2) is 5.72. The fourth-order valence-electron chi connectivity index (χ4n) is 2.99. The van der Waals surface area contributed by atoms with Gasteiger partial charge in [-0.1, -0.05) is 24.3 Å². The summed E-state index contributed by atoms with van der Waals surface area (Å²) in [5, 5.41) is 0. The lowest BCUT2D eigenvalue weighted by Crippen LogP contribution is -2.34. The SMILES string of the molecule is O=C(c1ccccc1)N1CC=C(c2cc3ncccc3[nH]2)CC1. The Hall–Kier alpha value is -2.88. The average molecular weight is 303 g/mol. The Bertz CT molecular complexity index is 847. The first-order valence-electron chi connectivity index (χ1n) is 7.79. The predicted molar refractivity (Wildman–Crippen MR) is 91.0 cm³/mol. The monoisotopic (exact) mass is 303 g/mol. The van der Waals surface area contributed by atoms with E-state index >= 15 is 0 Å². The number of benzene rings is 1. The van der Waals surface area contributed by atoms with Crippen LogP contribution in [0.1, 0.15) is 22.5 Å². The number of carbonyl (C=O) groups is 1. The second-order valence-electron chi connectivity index (χ2n) is 5.72. The zero-order chi connectivity index (χ0) is 15.6. The van der Waals surface area contributed by atoms with Gasteiger partial charge in [0.25, 0.3) is 5.91 Å². The molecule has 3 heterocycles. The number of fused-ring (bicyclic) bond motifs is 1. The maximum atomic E-state index is 12.5. The molecule has 23 heavy (non-hydrogen) atoms. The van der Waals surface area contributed by atoms with Crippen LogP contribution in [0.25, 0.3) is 16.6 Å². The van der Waals surface area contributed by atoms with Crippen LogP contribution >= 0.6 is 0 Å². The number of aromatic nitrogens is 2. The van der Waals surface area contributed by atoms with Crippen LogP contribution in [0.5, 0.6) is 0 Å². The summed E-state index contributed by atoms with van der Waals surface area (Å²) in [5.74, 6) is 0.0965. The number of nitrogens with zero attached hydrogens (tertiary/aromatic N) is 2. The number of rotatable bonds is 2. The molecule has 1 aliphatic rings. The molecule has 1 N–H and O–H groups in total. The van der Waals surface area contributed by atoms with Gasteiger partial charge in [-0.25, -0.2) is 0 Å². The molecule has 0 bridgehead atoms. The molecule has 1 amide bonds. The molecular weight excluding hydrogens is 286 g/mol. The van der Waals surface area contributed by atoms with Gasteiger partial charge in [-0.3, -0.25) is 9.78 Å². The number of nitrogens with one attached hydrogen (secondary N) is 1. The van der Waals surface area contributed by atoms with Crippen LogP contribution in [-0.2, 0) is 0 Å². The quantitative estimate of drug-likeness (QED) is 0.788. The normalized spacial score (nSPS) is 14.8. The highest BCUT2D eigenvalue weighted by Crippen LogP contribution is 2.25. The van der Waals surface area contributed by atoms with E-state index in [2.05, 4.69) is 22.1 Å². The predicted octanol–water partition coefficient (Wildman–Crippen LogP) is 3.49. The Balaban J connectivity index is 1.54. The van der Waals surface area contributed by atoms with Crippen LogP contribution in [0, 0.1) is 0 Å². The van der Waals surface area contributed by atoms with Crippen molar-refractivity contribution in [3.8, 4) is 0 Å². The standard InChI is InChI=1S/C19H17N3O/c23-19(15-5-2-1-3-6-15)22-11-8-14(9-12-22)17-13-18-16(21-17)7-4-10-20-18/h1-8,10,13,21H,9,11-12H2. The van der Waals surface area contributed by atoms with Crippen molar-refractivity contribution in [2.24, 2.45) is 0 Å². The third-order valence-electron chi connectivity index (χ3n) is 4.25. The van der Waals surface area contributed by atoms with Crippen molar-refractivity contribution in [1.29, 1.82) is 0 Å². The molecule has 0 saturated heterocycles. The van der Waals surface area contributed by atoms with E-state index in [4.69, 9.17) is 0 Å². The number of aromatic amines is 1. The first-order chi connectivity index (χ1) is 11.3. The van der Waals surface area contributed by atoms with Gasteiger partial charge in [0.15, 0.2) is 0 Å². The Morgan fingerprint density at radius 2 is 2.00 bits per heavy atom. The largest absolute Gasteiger partial charge is 0.353 e. The number of hydrogen-bond donors (Lipinski definition) is 1. The van der Waals surface area contributed by atoms with E-state index in [0.717, 1.165) is 35.3 Å². The van der Waals surface area contributed by atoms with E-state index in [1.54, 1.807) is 6.20 Å². The Morgan fingerprint density at radius 3 is 2.74 bits per heavy atom. The Labute approximate surface area is 134 Å². The fraction of sp³-hybridized carbons (Fsp3) is 0.158. The van der Waals surface area contributed by atoms with Gasteiger partial charge < -0.3 is 9.88 Å². The summed E-state index contributed by atoms with van der Waals surface area (Å²) in [6, 6.07) is 15.5. The zero-order valence-corrected chi connectivity index (χ0v) is 12.7. The first kappa shape index (κ1) is 13.8. The minimum Gasteiger partial charge on any atom is -0.353 e. The smallest absolute Gasteiger partial charge is 0.254 e. The third kappa shape index (κ3) is 2.63. The molecule has 0 unspecified atom stereocenters. The van der Waals surface area contributed by atoms with Gasteiger partial charge in [0.1, 0.15) is 0 Å². The molecule has 3 aromatic rings. The van der Waals surface area contributed by atoms with Crippen LogP contribution in [0.4, 0.5) is 0 Å². The molecule has 4 nitrogen and oxygen atoms in total. The summed E-state index contributed by atoms with van der Waals surface area (Å²) in [6.07, 6.45) is 4.79. The number of pyridine rings is 1. The van der Waals surface area contributed by atoms with Gasteiger partial charge in [0.2, 0.25) is 0 Å². The lowest BCUT2D eigenvalue weighted by Gasteiger charge is -2.26. The topological polar surface area (TPSA) is 49.0 Å². The minimum atomic E-state index is 0.0965. The second-order valence-corrected chi connectivity index (χ2v) is 5.72. The highest BCUT2D eigenvalue weighted by molar-refractivity contribution is 5.94. The zero-order valence-electron chi connectivity index (χ0n) is 12.7. The molecule has 0 aliphatic carbocycles. The number of hydrogen-bond acceptors (Lipinski definition) is 2. The molecule has 0 atom stereocenters. The highest BCUT2D eigenvalue weighted by Gasteiger charge is 2.19. The molecule has 2 aromatic heterocycles. The van der Waals surface area contributed by atoms with E-state index in [1.165, 1.54) is 5.57 Å². The van der Waals surface area contributed by atoms with Crippen molar-refractivity contribution in [2.45, 2.75) is 6.42 Å². The summed E-state index contributed by atoms with van der Waals surface area (Å²) in [5.41, 5.74) is 5.13. The van der Waals surface area contributed by atoms with Crippen LogP contribution in [0.2, 0.25) is 0 Å². The first-order valence-corrected chi connectivity index (χ1v) is 7.79. The van der Waals surface area contributed by atoms with E-state index < -0.39 is 0 Å². The van der Waals surface area contributed by atoms with E-state index in [9.17, 15) is 4.79 Å². The van der Waals surface area contributed by atoms with Gasteiger partial charge in [0.05, 0.1) is 11.0 Å². The molecule has 0 radical (unpaired) electrons. The number of H-pyrrole nitrogens is 1. The summed E-state index contributed by atoms with van der Waals surface area (Å²) >= 11 is 0. The van der Waals surface area contributed by atoms with Crippen molar-refractivity contribution >= 4 is 22.5 Å². The van der Waals surface area contributed by atoms with Crippen LogP contribution < -0.4 is 0 Å². The molecule has 1 aromatic carbocycles. The van der Waals surface area contributed by atoms with E-state index in [1.807, 2.05) is 47.4 Å². The number of carbonyl (C=O) groups excluding carboxylic acids is 1.